The fourth-order valence-corrected chi connectivity index (χ4v) is 5.31. The molecule has 1 N–H and O–H groups in total. The highest BCUT2D eigenvalue weighted by atomic mass is 19.2. The zero-order chi connectivity index (χ0) is 17.6. The number of anilines is 1. The second kappa shape index (κ2) is 6.39. The van der Waals surface area contributed by atoms with Crippen molar-refractivity contribution < 1.29 is 23.1 Å². The number of carbonyl (C=O) groups is 2. The third-order valence-electron chi connectivity index (χ3n) is 6.05. The molecule has 1 amide bonds. The van der Waals surface area contributed by atoms with Gasteiger partial charge in [0.05, 0.1) is 5.92 Å². The normalized spacial score (nSPS) is 32.5. The third kappa shape index (κ3) is 3.26. The molecule has 0 spiro atoms. The Morgan fingerprint density at radius 1 is 1.00 bits per heavy atom. The maximum atomic E-state index is 13.1. The van der Waals surface area contributed by atoms with Crippen LogP contribution in [0.4, 0.5) is 14.5 Å². The first-order chi connectivity index (χ1) is 12.0. The van der Waals surface area contributed by atoms with Gasteiger partial charge in [0.1, 0.15) is 0 Å². The van der Waals surface area contributed by atoms with Crippen LogP contribution < -0.4 is 5.32 Å². The molecule has 4 saturated carbocycles. The summed E-state index contributed by atoms with van der Waals surface area (Å²) in [6, 6.07) is 3.09. The van der Waals surface area contributed by atoms with Gasteiger partial charge in [-0.25, -0.2) is 8.78 Å². The van der Waals surface area contributed by atoms with Crippen LogP contribution in [0.15, 0.2) is 18.2 Å². The second-order valence-electron chi connectivity index (χ2n) is 7.74. The van der Waals surface area contributed by atoms with Gasteiger partial charge in [0.15, 0.2) is 18.2 Å². The van der Waals surface area contributed by atoms with Crippen LogP contribution in [0.3, 0.4) is 0 Å². The highest BCUT2D eigenvalue weighted by Crippen LogP contribution is 2.56. The third-order valence-corrected chi connectivity index (χ3v) is 6.05. The molecular weight excluding hydrogens is 328 g/mol. The fourth-order valence-electron chi connectivity index (χ4n) is 5.31. The van der Waals surface area contributed by atoms with Gasteiger partial charge < -0.3 is 10.1 Å². The lowest BCUT2D eigenvalue weighted by Gasteiger charge is -2.53. The van der Waals surface area contributed by atoms with Crippen molar-refractivity contribution in [3.63, 3.8) is 0 Å². The lowest BCUT2D eigenvalue weighted by atomic mass is 9.52. The molecule has 25 heavy (non-hydrogen) atoms. The molecule has 134 valence electrons. The van der Waals surface area contributed by atoms with Gasteiger partial charge in [-0.15, -0.1) is 0 Å². The molecule has 4 bridgehead atoms. The first-order valence-electron chi connectivity index (χ1n) is 8.91. The minimum absolute atomic E-state index is 0.0798. The minimum Gasteiger partial charge on any atom is -0.455 e. The average molecular weight is 349 g/mol. The van der Waals surface area contributed by atoms with E-state index in [0.717, 1.165) is 49.7 Å². The van der Waals surface area contributed by atoms with Gasteiger partial charge in [0.25, 0.3) is 5.91 Å². The number of hydrogen-bond acceptors (Lipinski definition) is 3. The summed E-state index contributed by atoms with van der Waals surface area (Å²) >= 11 is 0. The molecule has 0 aromatic heterocycles. The number of esters is 1. The summed E-state index contributed by atoms with van der Waals surface area (Å²) in [5.41, 5.74) is 0.134. The minimum atomic E-state index is -1.04. The van der Waals surface area contributed by atoms with E-state index in [4.69, 9.17) is 4.74 Å². The maximum Gasteiger partial charge on any atom is 0.310 e. The number of amides is 1. The lowest BCUT2D eigenvalue weighted by Crippen LogP contribution is -2.48. The Labute approximate surface area is 144 Å². The van der Waals surface area contributed by atoms with Crippen LogP contribution in [-0.4, -0.2) is 18.5 Å². The Balaban J connectivity index is 1.31. The maximum absolute atomic E-state index is 13.1. The summed E-state index contributed by atoms with van der Waals surface area (Å²) < 4.78 is 31.3. The van der Waals surface area contributed by atoms with E-state index in [9.17, 15) is 18.4 Å². The van der Waals surface area contributed by atoms with Crippen LogP contribution >= 0.6 is 0 Å². The van der Waals surface area contributed by atoms with E-state index in [1.807, 2.05) is 0 Å². The van der Waals surface area contributed by atoms with E-state index in [2.05, 4.69) is 5.32 Å². The average Bonchev–Trinajstić information content (AvgIpc) is 2.55. The molecule has 0 atom stereocenters. The standard InChI is InChI=1S/C19H21F2NO3/c20-15-2-1-14(8-16(15)21)22-17(23)9-25-19(24)18-12-4-10-3-11(6-12)7-13(18)5-10/h1-2,8,10-13,18H,3-7,9H2,(H,22,23). The van der Waals surface area contributed by atoms with Crippen LogP contribution in [0.2, 0.25) is 0 Å². The summed E-state index contributed by atoms with van der Waals surface area (Å²) in [7, 11) is 0. The van der Waals surface area contributed by atoms with E-state index in [1.54, 1.807) is 0 Å². The van der Waals surface area contributed by atoms with Crippen molar-refractivity contribution in [3.8, 4) is 0 Å². The number of rotatable bonds is 4. The Morgan fingerprint density at radius 3 is 2.24 bits per heavy atom. The molecule has 4 aliphatic rings. The van der Waals surface area contributed by atoms with Gasteiger partial charge in [0.2, 0.25) is 0 Å². The van der Waals surface area contributed by atoms with Gasteiger partial charge in [-0.05, 0) is 67.9 Å². The summed E-state index contributed by atoms with van der Waals surface area (Å²) in [5, 5.41) is 2.41. The van der Waals surface area contributed by atoms with E-state index >= 15 is 0 Å². The number of nitrogens with one attached hydrogen (secondary N) is 1. The molecule has 6 heteroatoms. The molecule has 0 heterocycles. The highest BCUT2D eigenvalue weighted by molar-refractivity contribution is 5.92. The van der Waals surface area contributed by atoms with Crippen molar-refractivity contribution in [1.82, 2.24) is 0 Å². The molecule has 1 aromatic rings. The molecule has 0 saturated heterocycles. The molecule has 5 rings (SSSR count). The second-order valence-corrected chi connectivity index (χ2v) is 7.74. The van der Waals surface area contributed by atoms with Crippen LogP contribution in [0, 0.1) is 41.2 Å². The van der Waals surface area contributed by atoms with Gasteiger partial charge in [-0.3, -0.25) is 9.59 Å². The largest absolute Gasteiger partial charge is 0.455 e. The molecule has 4 nitrogen and oxygen atoms in total. The van der Waals surface area contributed by atoms with E-state index in [1.165, 1.54) is 12.5 Å². The van der Waals surface area contributed by atoms with Gasteiger partial charge in [-0.1, -0.05) is 0 Å². The van der Waals surface area contributed by atoms with Crippen LogP contribution in [-0.2, 0) is 14.3 Å². The zero-order valence-corrected chi connectivity index (χ0v) is 13.8. The van der Waals surface area contributed by atoms with Gasteiger partial charge >= 0.3 is 5.97 Å². The molecular formula is C19H21F2NO3. The van der Waals surface area contributed by atoms with Gasteiger partial charge in [0, 0.05) is 11.8 Å². The van der Waals surface area contributed by atoms with Crippen molar-refractivity contribution in [1.29, 1.82) is 0 Å². The first kappa shape index (κ1) is 16.5. The Kier molecular flexibility index (Phi) is 4.21. The number of hydrogen-bond donors (Lipinski definition) is 1. The fraction of sp³-hybridized carbons (Fsp3) is 0.579. The SMILES string of the molecule is O=C(COC(=O)C1C2CC3CC(C2)CC1C3)Nc1ccc(F)c(F)c1. The first-order valence-corrected chi connectivity index (χ1v) is 8.91. The lowest BCUT2D eigenvalue weighted by molar-refractivity contribution is -0.164. The van der Waals surface area contributed by atoms with Crippen molar-refractivity contribution in [3.05, 3.63) is 29.8 Å². The van der Waals surface area contributed by atoms with E-state index in [0.29, 0.717) is 11.8 Å². The van der Waals surface area contributed by atoms with Crippen molar-refractivity contribution in [2.45, 2.75) is 32.1 Å². The quantitative estimate of drug-likeness (QED) is 0.846. The summed E-state index contributed by atoms with van der Waals surface area (Å²) in [5.74, 6) is -0.599. The number of benzene rings is 1. The molecule has 4 aliphatic carbocycles. The molecule has 4 fully saturated rings. The smallest absolute Gasteiger partial charge is 0.310 e. The summed E-state index contributed by atoms with van der Waals surface area (Å²) in [4.78, 5) is 24.4. The molecule has 0 aliphatic heterocycles. The Bertz CT molecular complexity index is 678. The summed E-state index contributed by atoms with van der Waals surface area (Å²) in [6.07, 6.45) is 5.73. The summed E-state index contributed by atoms with van der Waals surface area (Å²) in [6.45, 7) is -0.402. The van der Waals surface area contributed by atoms with Crippen LogP contribution in [0.5, 0.6) is 0 Å². The molecule has 0 radical (unpaired) electrons. The number of halogens is 2. The monoisotopic (exact) mass is 349 g/mol. The molecule has 0 unspecified atom stereocenters. The highest BCUT2D eigenvalue weighted by Gasteiger charge is 2.51. The van der Waals surface area contributed by atoms with E-state index < -0.39 is 24.1 Å². The van der Waals surface area contributed by atoms with Crippen LogP contribution in [0.25, 0.3) is 0 Å². The van der Waals surface area contributed by atoms with Crippen LogP contribution in [0.1, 0.15) is 32.1 Å². The predicted molar refractivity (Wildman–Crippen MR) is 86.5 cm³/mol. The topological polar surface area (TPSA) is 55.4 Å². The Morgan fingerprint density at radius 2 is 1.64 bits per heavy atom. The van der Waals surface area contributed by atoms with Crippen molar-refractivity contribution >= 4 is 17.6 Å². The number of carbonyl (C=O) groups excluding carboxylic acids is 2. The number of ether oxygens (including phenoxy) is 1. The van der Waals surface area contributed by atoms with E-state index in [-0.39, 0.29) is 17.6 Å². The zero-order valence-electron chi connectivity index (χ0n) is 13.8. The predicted octanol–water partition coefficient (Wildman–Crippen LogP) is 3.52. The van der Waals surface area contributed by atoms with Gasteiger partial charge in [-0.2, -0.15) is 0 Å². The Hall–Kier alpha value is -1.98. The molecule has 1 aromatic carbocycles. The van der Waals surface area contributed by atoms with Crippen molar-refractivity contribution in [2.24, 2.45) is 29.6 Å². The van der Waals surface area contributed by atoms with Crippen molar-refractivity contribution in [2.75, 3.05) is 11.9 Å².